The van der Waals surface area contributed by atoms with Crippen molar-refractivity contribution in [3.05, 3.63) is 36.5 Å². The Hall–Kier alpha value is -1.92. The van der Waals surface area contributed by atoms with E-state index in [9.17, 15) is 19.8 Å². The van der Waals surface area contributed by atoms with Gasteiger partial charge in [0.05, 0.1) is 25.4 Å². The number of rotatable bonds is 59. The van der Waals surface area contributed by atoms with Gasteiger partial charge in [-0.05, 0) is 64.2 Å². The number of hydrogen-bond donors (Lipinski definition) is 3. The van der Waals surface area contributed by atoms with Gasteiger partial charge in [0.2, 0.25) is 5.91 Å². The molecule has 0 aliphatic carbocycles. The van der Waals surface area contributed by atoms with Gasteiger partial charge in [-0.25, -0.2) is 0 Å². The summed E-state index contributed by atoms with van der Waals surface area (Å²) in [4.78, 5) is 24.6. The quantitative estimate of drug-likeness (QED) is 0.0321. The van der Waals surface area contributed by atoms with Crippen molar-refractivity contribution in [2.75, 3.05) is 13.2 Å². The van der Waals surface area contributed by atoms with Gasteiger partial charge in [-0.15, -0.1) is 0 Å². The number of aliphatic hydroxyl groups is 2. The SMILES string of the molecule is CCCCCC/C=C\C/C=C\CCCCCCCCCC(=O)OCCCCCCCCCCCCCC(=O)NC(CO)C(O)/C=C/CCCCCCCCCCCCCCCCCCCCCCCCC. The second-order valence-electron chi connectivity index (χ2n) is 21.7. The van der Waals surface area contributed by atoms with E-state index in [1.165, 1.54) is 250 Å². The minimum Gasteiger partial charge on any atom is -0.466 e. The monoisotopic (exact) mass is 998 g/mol. The van der Waals surface area contributed by atoms with Gasteiger partial charge in [-0.2, -0.15) is 0 Å². The summed E-state index contributed by atoms with van der Waals surface area (Å²) in [7, 11) is 0. The minimum atomic E-state index is -0.859. The Morgan fingerprint density at radius 2 is 0.704 bits per heavy atom. The van der Waals surface area contributed by atoms with Crippen molar-refractivity contribution in [3.63, 3.8) is 0 Å². The molecule has 418 valence electrons. The predicted molar refractivity (Wildman–Crippen MR) is 310 cm³/mol. The summed E-state index contributed by atoms with van der Waals surface area (Å²) >= 11 is 0. The Morgan fingerprint density at radius 1 is 0.394 bits per heavy atom. The first-order valence-electron chi connectivity index (χ1n) is 31.8. The van der Waals surface area contributed by atoms with E-state index >= 15 is 0 Å². The van der Waals surface area contributed by atoms with Crippen molar-refractivity contribution in [1.82, 2.24) is 5.32 Å². The van der Waals surface area contributed by atoms with E-state index in [1.54, 1.807) is 6.08 Å². The normalized spacial score (nSPS) is 12.8. The van der Waals surface area contributed by atoms with Crippen LogP contribution in [0.2, 0.25) is 0 Å². The van der Waals surface area contributed by atoms with Crippen LogP contribution in [0.4, 0.5) is 0 Å². The Labute approximate surface area is 443 Å². The topological polar surface area (TPSA) is 95.9 Å². The first-order chi connectivity index (χ1) is 35.0. The summed E-state index contributed by atoms with van der Waals surface area (Å²) in [5.41, 5.74) is 0. The summed E-state index contributed by atoms with van der Waals surface area (Å²) in [5.74, 6) is -0.106. The number of ether oxygens (including phenoxy) is 1. The van der Waals surface area contributed by atoms with Crippen molar-refractivity contribution in [2.45, 2.75) is 353 Å². The molecule has 6 nitrogen and oxygen atoms in total. The van der Waals surface area contributed by atoms with Crippen LogP contribution in [0, 0.1) is 0 Å². The fraction of sp³-hybridized carbons (Fsp3) is 0.877. The Morgan fingerprint density at radius 3 is 1.08 bits per heavy atom. The van der Waals surface area contributed by atoms with Crippen molar-refractivity contribution in [2.24, 2.45) is 0 Å². The molecular formula is C65H123NO5. The van der Waals surface area contributed by atoms with Crippen LogP contribution >= 0.6 is 0 Å². The summed E-state index contributed by atoms with van der Waals surface area (Å²) in [6.07, 6.45) is 76.1. The molecule has 0 radical (unpaired) electrons. The van der Waals surface area contributed by atoms with Crippen molar-refractivity contribution < 1.29 is 24.5 Å². The number of carbonyl (C=O) groups is 2. The average Bonchev–Trinajstić information content (AvgIpc) is 3.37. The van der Waals surface area contributed by atoms with Crippen LogP contribution in [0.1, 0.15) is 341 Å². The molecule has 0 aliphatic rings. The van der Waals surface area contributed by atoms with Gasteiger partial charge in [0.25, 0.3) is 0 Å². The van der Waals surface area contributed by atoms with Gasteiger partial charge in [0.15, 0.2) is 0 Å². The third-order valence-electron chi connectivity index (χ3n) is 14.7. The van der Waals surface area contributed by atoms with Crippen LogP contribution in [0.3, 0.4) is 0 Å². The van der Waals surface area contributed by atoms with Gasteiger partial charge in [0.1, 0.15) is 0 Å². The molecule has 3 N–H and O–H groups in total. The van der Waals surface area contributed by atoms with E-state index in [0.717, 1.165) is 64.2 Å². The van der Waals surface area contributed by atoms with E-state index in [0.29, 0.717) is 19.4 Å². The lowest BCUT2D eigenvalue weighted by atomic mass is 10.0. The predicted octanol–water partition coefficient (Wildman–Crippen LogP) is 20.0. The lowest BCUT2D eigenvalue weighted by Gasteiger charge is -2.20. The molecular weight excluding hydrogens is 875 g/mol. The van der Waals surface area contributed by atoms with Crippen LogP contribution in [0.15, 0.2) is 36.5 Å². The van der Waals surface area contributed by atoms with Gasteiger partial charge < -0.3 is 20.3 Å². The fourth-order valence-electron chi connectivity index (χ4n) is 9.78. The highest BCUT2D eigenvalue weighted by atomic mass is 16.5. The first kappa shape index (κ1) is 69.1. The molecule has 0 bridgehead atoms. The number of unbranched alkanes of at least 4 members (excludes halogenated alkanes) is 44. The van der Waals surface area contributed by atoms with Gasteiger partial charge in [0, 0.05) is 12.8 Å². The molecule has 1 amide bonds. The summed E-state index contributed by atoms with van der Waals surface area (Å²) in [6.45, 7) is 4.86. The molecule has 71 heavy (non-hydrogen) atoms. The molecule has 2 atom stereocenters. The molecule has 6 heteroatoms. The Kier molecular flexibility index (Phi) is 59.0. The Balaban J connectivity index is 3.49. The van der Waals surface area contributed by atoms with E-state index in [-0.39, 0.29) is 18.5 Å². The first-order valence-corrected chi connectivity index (χ1v) is 31.8. The highest BCUT2D eigenvalue weighted by Gasteiger charge is 2.18. The van der Waals surface area contributed by atoms with E-state index in [2.05, 4.69) is 43.5 Å². The lowest BCUT2D eigenvalue weighted by molar-refractivity contribution is -0.143. The van der Waals surface area contributed by atoms with Crippen LogP contribution in [0.25, 0.3) is 0 Å². The van der Waals surface area contributed by atoms with Crippen LogP contribution in [-0.4, -0.2) is 47.4 Å². The number of nitrogens with one attached hydrogen (secondary N) is 1. The van der Waals surface area contributed by atoms with Crippen molar-refractivity contribution >= 4 is 11.9 Å². The summed E-state index contributed by atoms with van der Waals surface area (Å²) < 4.78 is 5.48. The third kappa shape index (κ3) is 57.2. The van der Waals surface area contributed by atoms with Crippen LogP contribution < -0.4 is 5.32 Å². The number of hydrogen-bond acceptors (Lipinski definition) is 5. The fourth-order valence-corrected chi connectivity index (χ4v) is 9.78. The summed E-state index contributed by atoms with van der Waals surface area (Å²) in [5, 5.41) is 23.2. The summed E-state index contributed by atoms with van der Waals surface area (Å²) in [6, 6.07) is -0.645. The molecule has 2 unspecified atom stereocenters. The lowest BCUT2D eigenvalue weighted by Crippen LogP contribution is -2.45. The maximum atomic E-state index is 12.5. The second kappa shape index (κ2) is 60.6. The number of amides is 1. The van der Waals surface area contributed by atoms with Gasteiger partial charge in [-0.1, -0.05) is 301 Å². The number of esters is 1. The molecule has 0 fully saturated rings. The minimum absolute atomic E-state index is 0.0219. The number of carbonyl (C=O) groups excluding carboxylic acids is 2. The van der Waals surface area contributed by atoms with Crippen molar-refractivity contribution in [1.29, 1.82) is 0 Å². The molecule has 0 aromatic rings. The zero-order chi connectivity index (χ0) is 51.4. The third-order valence-corrected chi connectivity index (χ3v) is 14.7. The largest absolute Gasteiger partial charge is 0.466 e. The van der Waals surface area contributed by atoms with Gasteiger partial charge >= 0.3 is 5.97 Å². The smallest absolute Gasteiger partial charge is 0.305 e. The molecule has 0 aliphatic heterocycles. The van der Waals surface area contributed by atoms with E-state index in [4.69, 9.17) is 4.74 Å². The highest BCUT2D eigenvalue weighted by molar-refractivity contribution is 5.76. The molecule has 0 spiro atoms. The second-order valence-corrected chi connectivity index (χ2v) is 21.7. The van der Waals surface area contributed by atoms with Crippen LogP contribution in [-0.2, 0) is 14.3 Å². The molecule has 0 saturated heterocycles. The zero-order valence-corrected chi connectivity index (χ0v) is 47.7. The average molecular weight is 999 g/mol. The molecule has 0 aromatic heterocycles. The van der Waals surface area contributed by atoms with Gasteiger partial charge in [-0.3, -0.25) is 9.59 Å². The maximum Gasteiger partial charge on any atom is 0.305 e. The van der Waals surface area contributed by atoms with Crippen LogP contribution in [0.5, 0.6) is 0 Å². The molecule has 0 heterocycles. The molecule has 0 aromatic carbocycles. The zero-order valence-electron chi connectivity index (χ0n) is 47.7. The van der Waals surface area contributed by atoms with E-state index < -0.39 is 12.1 Å². The van der Waals surface area contributed by atoms with Crippen molar-refractivity contribution in [3.8, 4) is 0 Å². The molecule has 0 rings (SSSR count). The number of aliphatic hydroxyl groups excluding tert-OH is 2. The number of allylic oxidation sites excluding steroid dienone is 5. The standard InChI is InChI=1S/C65H123NO5/c1-3-5-7-9-11-13-15-17-19-21-23-24-25-26-27-28-29-30-32-34-37-41-45-49-53-57-63(68)62(61-67)66-64(69)58-54-50-46-42-38-36-40-44-48-52-56-60-71-65(70)59-55-51-47-43-39-35-33-31-22-20-18-16-14-12-10-8-6-4-2/h14,16,20,22,53,57,62-63,67-68H,3-13,15,17-19,21,23-52,54-56,58-61H2,1-2H3,(H,66,69)/b16-14-,22-20-,57-53+. The maximum absolute atomic E-state index is 12.5. The molecule has 0 saturated carbocycles. The Bertz CT molecular complexity index is 1150. The van der Waals surface area contributed by atoms with E-state index in [1.807, 2.05) is 6.08 Å². The highest BCUT2D eigenvalue weighted by Crippen LogP contribution is 2.17.